The van der Waals surface area contributed by atoms with Gasteiger partial charge in [0.15, 0.2) is 5.13 Å². The molecule has 1 N–H and O–H groups in total. The lowest BCUT2D eigenvalue weighted by molar-refractivity contribution is -0.114. The molecule has 0 aromatic carbocycles. The summed E-state index contributed by atoms with van der Waals surface area (Å²) in [5.74, 6) is 1.51. The van der Waals surface area contributed by atoms with E-state index in [1.54, 1.807) is 18.3 Å². The van der Waals surface area contributed by atoms with Crippen molar-refractivity contribution in [3.63, 3.8) is 0 Å². The maximum atomic E-state index is 11.7. The second kappa shape index (κ2) is 7.80. The molecule has 1 amide bonds. The number of hydrogen-bond acceptors (Lipinski definition) is 5. The van der Waals surface area contributed by atoms with E-state index in [0.29, 0.717) is 11.2 Å². The summed E-state index contributed by atoms with van der Waals surface area (Å²) in [5, 5.41) is 8.91. The maximum Gasteiger partial charge on any atom is 0.223 e. The number of thiazole rings is 1. The molecule has 3 aromatic rings. The summed E-state index contributed by atoms with van der Waals surface area (Å²) in [6.45, 7) is 3.68. The molecule has 6 nitrogen and oxygen atoms in total. The van der Waals surface area contributed by atoms with Crippen LogP contribution in [-0.2, 0) is 24.1 Å². The summed E-state index contributed by atoms with van der Waals surface area (Å²) in [6.07, 6.45) is 11.2. The predicted molar refractivity (Wildman–Crippen MR) is 127 cm³/mol. The summed E-state index contributed by atoms with van der Waals surface area (Å²) in [7, 11) is 0. The summed E-state index contributed by atoms with van der Waals surface area (Å²) >= 11 is 1.61. The Morgan fingerprint density at radius 2 is 2.16 bits per heavy atom. The van der Waals surface area contributed by atoms with Gasteiger partial charge in [-0.05, 0) is 68.9 Å². The average Bonchev–Trinajstić information content (AvgIpc) is 3.55. The van der Waals surface area contributed by atoms with E-state index >= 15 is 0 Å². The lowest BCUT2D eigenvalue weighted by Gasteiger charge is -2.24. The first kappa shape index (κ1) is 20.1. The van der Waals surface area contributed by atoms with Crippen molar-refractivity contribution >= 4 is 22.4 Å². The Bertz CT molecular complexity index is 1180. The molecule has 0 spiro atoms. The van der Waals surface area contributed by atoms with Crippen LogP contribution in [0.4, 0.5) is 5.13 Å². The van der Waals surface area contributed by atoms with Crippen LogP contribution in [0.5, 0.6) is 0 Å². The number of amides is 1. The third-order valence-corrected chi connectivity index (χ3v) is 8.54. The standard InChI is InChI=1S/C25H29N5OS/c1-3-18-10-9-17(13-26-18)22-19-5-4-6-20-24(32-25(28-20)27-14(2)31)23(19)30(29-22)21-12-15-7-8-16(21)11-15/h9-10,13,15-16,21H,3-8,11-12H2,1-2H3,(H,27,28,31). The van der Waals surface area contributed by atoms with Crippen LogP contribution in [0.1, 0.15) is 68.9 Å². The molecule has 7 heteroatoms. The fourth-order valence-electron chi connectivity index (χ4n) is 6.05. The van der Waals surface area contributed by atoms with Gasteiger partial charge >= 0.3 is 0 Å². The van der Waals surface area contributed by atoms with Crippen molar-refractivity contribution in [2.45, 2.75) is 71.3 Å². The number of aryl methyl sites for hydroxylation is 2. The fraction of sp³-hybridized carbons (Fsp3) is 0.520. The van der Waals surface area contributed by atoms with Crippen LogP contribution in [-0.4, -0.2) is 25.7 Å². The Morgan fingerprint density at radius 1 is 1.25 bits per heavy atom. The smallest absolute Gasteiger partial charge is 0.223 e. The Hall–Kier alpha value is -2.54. The number of nitrogens with zero attached hydrogens (tertiary/aromatic N) is 4. The van der Waals surface area contributed by atoms with E-state index in [2.05, 4.69) is 34.0 Å². The van der Waals surface area contributed by atoms with E-state index in [1.807, 2.05) is 6.20 Å². The highest BCUT2D eigenvalue weighted by atomic mass is 32.1. The van der Waals surface area contributed by atoms with Crippen molar-refractivity contribution in [3.05, 3.63) is 35.3 Å². The molecule has 3 atom stereocenters. The van der Waals surface area contributed by atoms with E-state index in [-0.39, 0.29) is 5.91 Å². The van der Waals surface area contributed by atoms with E-state index in [0.717, 1.165) is 60.2 Å². The third kappa shape index (κ3) is 3.29. The van der Waals surface area contributed by atoms with Gasteiger partial charge in [0, 0.05) is 29.9 Å². The van der Waals surface area contributed by atoms with Gasteiger partial charge in [-0.3, -0.25) is 14.5 Å². The van der Waals surface area contributed by atoms with Gasteiger partial charge in [-0.2, -0.15) is 5.10 Å². The largest absolute Gasteiger partial charge is 0.302 e. The van der Waals surface area contributed by atoms with Crippen LogP contribution in [0.15, 0.2) is 18.3 Å². The van der Waals surface area contributed by atoms with Gasteiger partial charge in [0.05, 0.1) is 28.0 Å². The molecule has 3 unspecified atom stereocenters. The monoisotopic (exact) mass is 447 g/mol. The molecular weight excluding hydrogens is 418 g/mol. The van der Waals surface area contributed by atoms with Crippen molar-refractivity contribution in [1.29, 1.82) is 0 Å². The highest BCUT2D eigenvalue weighted by Crippen LogP contribution is 2.53. The first-order chi connectivity index (χ1) is 15.6. The Kier molecular flexibility index (Phi) is 4.90. The summed E-state index contributed by atoms with van der Waals surface area (Å²) < 4.78 is 2.36. The Balaban J connectivity index is 1.52. The van der Waals surface area contributed by atoms with Crippen molar-refractivity contribution < 1.29 is 4.79 Å². The van der Waals surface area contributed by atoms with Crippen LogP contribution < -0.4 is 5.32 Å². The number of hydrogen-bond donors (Lipinski definition) is 1. The zero-order valence-electron chi connectivity index (χ0n) is 18.7. The van der Waals surface area contributed by atoms with E-state index in [1.165, 1.54) is 41.8 Å². The van der Waals surface area contributed by atoms with E-state index in [4.69, 9.17) is 10.1 Å². The Labute approximate surface area is 192 Å². The molecule has 166 valence electrons. The van der Waals surface area contributed by atoms with Gasteiger partial charge in [0.2, 0.25) is 5.91 Å². The highest BCUT2D eigenvalue weighted by molar-refractivity contribution is 7.19. The van der Waals surface area contributed by atoms with Crippen LogP contribution >= 0.6 is 11.3 Å². The normalized spacial score (nSPS) is 23.6. The average molecular weight is 448 g/mol. The number of pyridine rings is 1. The second-order valence-corrected chi connectivity index (χ2v) is 10.6. The van der Waals surface area contributed by atoms with Gasteiger partial charge in [-0.1, -0.05) is 24.7 Å². The van der Waals surface area contributed by atoms with Crippen molar-refractivity contribution in [1.82, 2.24) is 19.7 Å². The lowest BCUT2D eigenvalue weighted by Crippen LogP contribution is -2.18. The number of carbonyl (C=O) groups excluding carboxylic acids is 1. The quantitative estimate of drug-likeness (QED) is 0.578. The molecule has 2 saturated carbocycles. The predicted octanol–water partition coefficient (Wildman–Crippen LogP) is 5.44. The summed E-state index contributed by atoms with van der Waals surface area (Å²) in [5.41, 5.74) is 6.98. The zero-order chi connectivity index (χ0) is 21.8. The van der Waals surface area contributed by atoms with E-state index in [9.17, 15) is 4.79 Å². The molecule has 3 aromatic heterocycles. The zero-order valence-corrected chi connectivity index (χ0v) is 19.5. The molecular formula is C25H29N5OS. The van der Waals surface area contributed by atoms with Crippen molar-refractivity contribution in [2.75, 3.05) is 5.32 Å². The van der Waals surface area contributed by atoms with Crippen molar-refractivity contribution in [2.24, 2.45) is 11.8 Å². The molecule has 0 radical (unpaired) electrons. The molecule has 3 aliphatic rings. The highest BCUT2D eigenvalue weighted by Gasteiger charge is 2.43. The second-order valence-electron chi connectivity index (χ2n) is 9.58. The maximum absolute atomic E-state index is 11.7. The van der Waals surface area contributed by atoms with Gasteiger partial charge < -0.3 is 5.32 Å². The number of rotatable bonds is 4. The number of anilines is 1. The minimum Gasteiger partial charge on any atom is -0.302 e. The van der Waals surface area contributed by atoms with Gasteiger partial charge in [0.1, 0.15) is 0 Å². The molecule has 2 fully saturated rings. The molecule has 0 aliphatic heterocycles. The fourth-order valence-corrected chi connectivity index (χ4v) is 7.17. The first-order valence-corrected chi connectivity index (χ1v) is 12.8. The van der Waals surface area contributed by atoms with Crippen LogP contribution in [0.2, 0.25) is 0 Å². The molecule has 2 bridgehead atoms. The number of carbonyl (C=O) groups is 1. The van der Waals surface area contributed by atoms with Crippen LogP contribution in [0, 0.1) is 11.8 Å². The Morgan fingerprint density at radius 3 is 2.84 bits per heavy atom. The summed E-state index contributed by atoms with van der Waals surface area (Å²) in [4.78, 5) is 22.3. The third-order valence-electron chi connectivity index (χ3n) is 7.52. The molecule has 0 saturated heterocycles. The first-order valence-electron chi connectivity index (χ1n) is 11.9. The molecule has 32 heavy (non-hydrogen) atoms. The van der Waals surface area contributed by atoms with Crippen molar-refractivity contribution in [3.8, 4) is 21.8 Å². The SMILES string of the molecule is CCc1ccc(-c2nn(C3CC4CCC3C4)c3c2CCCc2nc(NC(C)=O)sc2-3)cn1. The minimum absolute atomic E-state index is 0.0708. The summed E-state index contributed by atoms with van der Waals surface area (Å²) in [6, 6.07) is 4.78. The van der Waals surface area contributed by atoms with Gasteiger partial charge in [-0.25, -0.2) is 4.98 Å². The molecule has 3 aliphatic carbocycles. The van der Waals surface area contributed by atoms with Gasteiger partial charge in [0.25, 0.3) is 0 Å². The lowest BCUT2D eigenvalue weighted by atomic mass is 9.95. The number of fused-ring (bicyclic) bond motifs is 5. The number of aromatic nitrogens is 4. The van der Waals surface area contributed by atoms with Gasteiger partial charge in [-0.15, -0.1) is 0 Å². The molecule has 3 heterocycles. The van der Waals surface area contributed by atoms with Crippen LogP contribution in [0.25, 0.3) is 21.8 Å². The molecule has 6 rings (SSSR count). The number of nitrogens with one attached hydrogen (secondary N) is 1. The minimum atomic E-state index is -0.0708. The van der Waals surface area contributed by atoms with Crippen LogP contribution in [0.3, 0.4) is 0 Å². The topological polar surface area (TPSA) is 72.7 Å². The van der Waals surface area contributed by atoms with E-state index < -0.39 is 0 Å².